The van der Waals surface area contributed by atoms with E-state index in [2.05, 4.69) is 89.7 Å². The highest BCUT2D eigenvalue weighted by Crippen LogP contribution is 2.32. The smallest absolute Gasteiger partial charge is 0.253 e. The molecule has 86 heavy (non-hydrogen) atoms. The number of aromatic amines is 7. The molecule has 0 aliphatic rings. The molecule has 22 N–H and O–H groups in total. The molecular weight excluding hydrogens is 1320 g/mol. The normalized spacial score (nSPS) is 10.8. The van der Waals surface area contributed by atoms with Crippen molar-refractivity contribution in [3.05, 3.63) is 88.4 Å². The van der Waals surface area contributed by atoms with Crippen LogP contribution in [0.4, 0.5) is 40.7 Å². The topological polar surface area (TPSA) is 494 Å². The quantitative estimate of drug-likeness (QED) is 0.0679. The van der Waals surface area contributed by atoms with E-state index in [9.17, 15) is 0 Å². The highest BCUT2D eigenvalue weighted by molar-refractivity contribution is 7.72. The second-order valence-electron chi connectivity index (χ2n) is 17.3. The van der Waals surface area contributed by atoms with Crippen molar-refractivity contribution in [3.8, 4) is 0 Å². The van der Waals surface area contributed by atoms with E-state index in [0.29, 0.717) is 125 Å². The van der Waals surface area contributed by atoms with Crippen molar-refractivity contribution in [2.24, 2.45) is 0 Å². The minimum Gasteiger partial charge on any atom is -0.456 e. The SMILES string of the molecule is Cc1c(CO)sc2nc(=S)[nH]c(N)c12.Cc1nc2c(N)[nH]c(=S)nc2o1.Cc1nc2c(N)[nH]c(=S)nc2s1.Cc1nc2nc(=S)[nH]c(N)c2o1.Cc1nc2nc(=S)[nH]c(N)c2s1.Cc1oc2c(N)nc(=S)[nH]c2c1C.Nc1[nH]c(=S)nc2sccc12. The van der Waals surface area contributed by atoms with E-state index >= 15 is 0 Å². The number of aryl methyl sites for hydroxylation is 7. The second-order valence-corrected chi connectivity index (χ2v) is 24.4. The van der Waals surface area contributed by atoms with Crippen LogP contribution in [0.15, 0.2) is 24.7 Å². The van der Waals surface area contributed by atoms with Crippen LogP contribution in [0.25, 0.3) is 74.7 Å². The van der Waals surface area contributed by atoms with Crippen molar-refractivity contribution in [1.29, 1.82) is 0 Å². The molecular formula is C46H47N25O4S11. The zero-order valence-electron chi connectivity index (χ0n) is 45.5. The number of aromatic nitrogens is 18. The molecule has 0 aromatic carbocycles. The fraction of sp³-hybridized carbons (Fsp3) is 0.174. The van der Waals surface area contributed by atoms with Crippen molar-refractivity contribution in [3.63, 3.8) is 0 Å². The molecule has 29 nitrogen and oxygen atoms in total. The maximum Gasteiger partial charge on any atom is 0.253 e. The third kappa shape index (κ3) is 15.1. The number of aliphatic hydroxyl groups is 1. The zero-order valence-corrected chi connectivity index (χ0v) is 54.5. The molecule has 0 spiro atoms. The first kappa shape index (κ1) is 63.9. The highest BCUT2D eigenvalue weighted by Gasteiger charge is 2.14. The summed E-state index contributed by atoms with van der Waals surface area (Å²) in [6.45, 7) is 13.0. The number of oxazole rings is 2. The van der Waals surface area contributed by atoms with Crippen LogP contribution < -0.4 is 40.1 Å². The molecule has 0 atom stereocenters. The van der Waals surface area contributed by atoms with Gasteiger partial charge < -0.3 is 93.4 Å². The number of anilines is 7. The molecule has 14 heterocycles. The van der Waals surface area contributed by atoms with Gasteiger partial charge in [-0.1, -0.05) is 11.3 Å². The lowest BCUT2D eigenvalue weighted by atomic mass is 10.2. The molecule has 0 amide bonds. The third-order valence-corrected chi connectivity index (χ3v) is 16.4. The standard InChI is InChI=1S/C8H9N3OS2.C8H9N3OS.2C6H6N4OS.2C6H6N4S2.C6H5N3S2/c1-3-4(2-12)14-7-5(3)6(9)10-8(13)11-7;1-3-4(2)12-6-5(3)10-8(13)11-7(6)9;1-2-8-5-3(11-2)4(7)9-6(12)10-5;1-2-8-3-4(7)9-6(12)10-5(3)11-2;1-2-8-5-3(12-2)4(7)9-6(11)10-5;1-2-8-3-4(7)9-6(11)10-5(3)12-2;7-4-3-1-2-11-5(3)9-6(10)8-4/h12H,2H2,1H3,(H3,9,10,11,13);1-2H3,(H3,9,10,11,13);2*1H3,(H3,7,9,10,12);2*1H3,(H3,7,9,10,11);1-2H,(H3,7,8,9,10). The number of aliphatic hydroxyl groups excluding tert-OH is 1. The van der Waals surface area contributed by atoms with Crippen LogP contribution in [0.2, 0.25) is 0 Å². The predicted octanol–water partition coefficient (Wildman–Crippen LogP) is 11.4. The lowest BCUT2D eigenvalue weighted by Crippen LogP contribution is -1.93. The Hall–Kier alpha value is -8.16. The van der Waals surface area contributed by atoms with Gasteiger partial charge in [0.2, 0.25) is 20.8 Å². The Morgan fingerprint density at radius 3 is 1.70 bits per heavy atom. The lowest BCUT2D eigenvalue weighted by molar-refractivity contribution is 0.285. The van der Waals surface area contributed by atoms with Gasteiger partial charge >= 0.3 is 0 Å². The number of thiazole rings is 2. The second kappa shape index (κ2) is 27.0. The number of nitrogens with two attached hydrogens (primary N) is 7. The number of nitrogen functional groups attached to an aromatic ring is 7. The molecule has 0 aliphatic carbocycles. The minimum absolute atomic E-state index is 0.0130. The van der Waals surface area contributed by atoms with Gasteiger partial charge in [-0.25, -0.2) is 29.9 Å². The van der Waals surface area contributed by atoms with E-state index < -0.39 is 0 Å². The van der Waals surface area contributed by atoms with Crippen molar-refractivity contribution in [2.45, 2.75) is 55.1 Å². The van der Waals surface area contributed by atoms with Crippen LogP contribution in [0.3, 0.4) is 0 Å². The molecule has 14 aromatic heterocycles. The van der Waals surface area contributed by atoms with Gasteiger partial charge in [-0.15, -0.1) is 34.0 Å². The van der Waals surface area contributed by atoms with Crippen molar-refractivity contribution in [1.82, 2.24) is 89.7 Å². The number of nitrogens with one attached hydrogen (secondary N) is 7. The Balaban J connectivity index is 0.000000130. The summed E-state index contributed by atoms with van der Waals surface area (Å²) in [5, 5.41) is 14.7. The number of hydrogen-bond acceptors (Lipinski definition) is 33. The number of rotatable bonds is 1. The molecule has 14 aromatic rings. The predicted molar refractivity (Wildman–Crippen MR) is 358 cm³/mol. The molecule has 0 radical (unpaired) electrons. The molecule has 0 bridgehead atoms. The number of H-pyrrole nitrogens is 7. The number of fused-ring (bicyclic) bond motifs is 7. The van der Waals surface area contributed by atoms with Gasteiger partial charge in [0, 0.05) is 24.3 Å². The van der Waals surface area contributed by atoms with E-state index in [4.69, 9.17) is 144 Å². The average Bonchev–Trinajstić information content (AvgIpc) is 3.05. The number of hydrogen-bond donors (Lipinski definition) is 15. The van der Waals surface area contributed by atoms with E-state index in [0.717, 1.165) is 67.3 Å². The van der Waals surface area contributed by atoms with Gasteiger partial charge in [-0.2, -0.15) is 24.9 Å². The molecule has 446 valence electrons. The number of nitrogens with zero attached hydrogens (tertiary/aromatic N) is 11. The minimum atomic E-state index is 0.0130. The zero-order chi connectivity index (χ0) is 62.6. The Labute approximate surface area is 533 Å². The van der Waals surface area contributed by atoms with E-state index in [1.807, 2.05) is 46.1 Å². The summed E-state index contributed by atoms with van der Waals surface area (Å²) < 4.78 is 19.2. The first-order valence-corrected chi connectivity index (χ1v) is 30.2. The average molecular weight is 1370 g/mol. The summed E-state index contributed by atoms with van der Waals surface area (Å²) in [6, 6.07) is 1.92. The van der Waals surface area contributed by atoms with E-state index in [1.165, 1.54) is 45.3 Å². The number of thiophene rings is 2. The van der Waals surface area contributed by atoms with Crippen LogP contribution in [0.1, 0.15) is 43.6 Å². The monoisotopic (exact) mass is 1370 g/mol. The van der Waals surface area contributed by atoms with Gasteiger partial charge in [0.1, 0.15) is 54.7 Å². The molecule has 0 unspecified atom stereocenters. The Morgan fingerprint density at radius 2 is 1.01 bits per heavy atom. The summed E-state index contributed by atoms with van der Waals surface area (Å²) >= 11 is 40.0. The van der Waals surface area contributed by atoms with Crippen LogP contribution in [0.5, 0.6) is 0 Å². The highest BCUT2D eigenvalue weighted by atomic mass is 32.1. The fourth-order valence-electron chi connectivity index (χ4n) is 7.39. The first-order chi connectivity index (χ1) is 40.7. The van der Waals surface area contributed by atoms with Crippen molar-refractivity contribution >= 4 is 246 Å². The number of furan rings is 1. The van der Waals surface area contributed by atoms with Gasteiger partial charge in [-0.05, 0) is 137 Å². The van der Waals surface area contributed by atoms with Gasteiger partial charge in [0.25, 0.3) is 5.71 Å². The van der Waals surface area contributed by atoms with Gasteiger partial charge in [0.15, 0.2) is 68.8 Å². The molecule has 0 saturated heterocycles. The summed E-state index contributed by atoms with van der Waals surface area (Å²) in [4.78, 5) is 67.3. The lowest BCUT2D eigenvalue weighted by Gasteiger charge is -1.97. The maximum absolute atomic E-state index is 9.09. The molecule has 40 heteroatoms. The van der Waals surface area contributed by atoms with Crippen molar-refractivity contribution in [2.75, 3.05) is 40.1 Å². The fourth-order valence-corrected chi connectivity index (χ4v) is 12.4. The molecule has 0 aliphatic heterocycles. The summed E-state index contributed by atoms with van der Waals surface area (Å²) in [7, 11) is 0. The Morgan fingerprint density at radius 1 is 0.465 bits per heavy atom. The van der Waals surface area contributed by atoms with Crippen LogP contribution in [0, 0.1) is 81.9 Å². The van der Waals surface area contributed by atoms with E-state index in [1.54, 1.807) is 13.8 Å². The summed E-state index contributed by atoms with van der Waals surface area (Å²) in [6.07, 6.45) is 0. The maximum atomic E-state index is 9.09. The molecule has 14 rings (SSSR count). The third-order valence-electron chi connectivity index (χ3n) is 11.2. The Kier molecular flexibility index (Phi) is 20.1. The molecule has 0 saturated carbocycles. The Bertz CT molecular complexity index is 4920. The first-order valence-electron chi connectivity index (χ1n) is 24.1. The van der Waals surface area contributed by atoms with Gasteiger partial charge in [0.05, 0.1) is 32.9 Å². The summed E-state index contributed by atoms with van der Waals surface area (Å²) in [5.74, 6) is 5.15. The van der Waals surface area contributed by atoms with Crippen LogP contribution >= 0.6 is 131 Å². The largest absolute Gasteiger partial charge is 0.456 e. The van der Waals surface area contributed by atoms with E-state index in [-0.39, 0.29) is 6.61 Å². The molecule has 0 fully saturated rings. The van der Waals surface area contributed by atoms with Crippen molar-refractivity contribution < 1.29 is 18.4 Å². The van der Waals surface area contributed by atoms with Gasteiger partial charge in [-0.3, -0.25) is 0 Å². The summed E-state index contributed by atoms with van der Waals surface area (Å²) in [5.41, 5.74) is 46.2. The van der Waals surface area contributed by atoms with Crippen LogP contribution in [-0.4, -0.2) is 94.8 Å². The van der Waals surface area contributed by atoms with Crippen LogP contribution in [-0.2, 0) is 6.61 Å².